The van der Waals surface area contributed by atoms with Crippen molar-refractivity contribution >= 4 is 23.7 Å². The Morgan fingerprint density at radius 1 is 1.13 bits per heavy atom. The number of ether oxygens (including phenoxy) is 4. The maximum absolute atomic E-state index is 14.1. The first-order valence-electron chi connectivity index (χ1n) is 16.2. The molecule has 0 aromatic carbocycles. The Morgan fingerprint density at radius 2 is 1.85 bits per heavy atom. The lowest BCUT2D eigenvalue weighted by molar-refractivity contribution is -0.344. The maximum Gasteiger partial charge on any atom is 0.305 e. The van der Waals surface area contributed by atoms with Gasteiger partial charge >= 0.3 is 17.9 Å². The van der Waals surface area contributed by atoms with Crippen molar-refractivity contribution in [1.29, 1.82) is 0 Å². The highest BCUT2D eigenvalue weighted by atomic mass is 16.6. The van der Waals surface area contributed by atoms with E-state index < -0.39 is 70.1 Å². The summed E-state index contributed by atoms with van der Waals surface area (Å²) in [5, 5.41) is 21.2. The highest BCUT2D eigenvalue weighted by Gasteiger charge is 2.77. The molecule has 2 heterocycles. The summed E-state index contributed by atoms with van der Waals surface area (Å²) >= 11 is 0. The third-order valence-electron chi connectivity index (χ3n) is 12.2. The molecule has 4 aliphatic rings. The number of aliphatic carboxylic acids is 1. The molecule has 0 amide bonds. The van der Waals surface area contributed by atoms with Crippen LogP contribution in [0.5, 0.6) is 0 Å². The van der Waals surface area contributed by atoms with Crippen LogP contribution in [0.3, 0.4) is 0 Å². The quantitative estimate of drug-likeness (QED) is 0.208. The molecule has 0 radical (unpaired) electrons. The molecule has 1 saturated heterocycles. The van der Waals surface area contributed by atoms with E-state index in [0.717, 1.165) is 5.56 Å². The number of methoxy groups -OCH3 is 1. The normalized spacial score (nSPS) is 39.6. The van der Waals surface area contributed by atoms with Gasteiger partial charge in [0.05, 0.1) is 31.8 Å². The second kappa shape index (κ2) is 12.2. The van der Waals surface area contributed by atoms with E-state index in [1.54, 1.807) is 12.5 Å². The summed E-state index contributed by atoms with van der Waals surface area (Å²) in [7, 11) is 1.34. The zero-order chi connectivity index (χ0) is 33.8. The van der Waals surface area contributed by atoms with E-state index in [4.69, 9.17) is 28.5 Å². The van der Waals surface area contributed by atoms with Crippen LogP contribution in [-0.2, 0) is 38.1 Å². The van der Waals surface area contributed by atoms with Crippen LogP contribution in [-0.4, -0.2) is 77.6 Å². The largest absolute Gasteiger partial charge is 0.481 e. The Morgan fingerprint density at radius 3 is 2.46 bits per heavy atom. The molecule has 3 aliphatic carbocycles. The standard InChI is InChI=1S/C35H48O11/c1-19-22-11-13-33(5)23(21-12-15-43-18-21)16-24(37)30(45-20(2)36)35(19,33)46-31-28(44-14-9-8-10-26(38)39)29(41)32(3,4)25(34(22,31)6)17-27(40)42-7/h12,15,18,22-23,25,28-31,41H,1,8-11,13-14,16-17H2,2-7H3,(H,38,39). The first kappa shape index (κ1) is 34.3. The van der Waals surface area contributed by atoms with Gasteiger partial charge in [-0.15, -0.1) is 0 Å². The number of carbonyl (C=O) groups excluding carboxylic acids is 3. The second-order valence-corrected chi connectivity index (χ2v) is 14.7. The second-order valence-electron chi connectivity index (χ2n) is 14.7. The summed E-state index contributed by atoms with van der Waals surface area (Å²) in [4.78, 5) is 50.7. The minimum Gasteiger partial charge on any atom is -0.481 e. The molecule has 11 nitrogen and oxygen atoms in total. The van der Waals surface area contributed by atoms with Crippen molar-refractivity contribution in [2.75, 3.05) is 13.7 Å². The lowest BCUT2D eigenvalue weighted by Gasteiger charge is -2.73. The Bertz CT molecular complexity index is 1370. The number of rotatable bonds is 10. The first-order chi connectivity index (χ1) is 21.6. The number of aliphatic hydroxyl groups excluding tert-OH is 1. The third kappa shape index (κ3) is 5.04. The molecule has 5 rings (SSSR count). The molecule has 1 aromatic rings. The SMILES string of the molecule is C=C1C2CCC3(C)C(c4ccoc4)CC(=O)C(OC(C)=O)C13OC1C(OCCCCC(=O)O)C(O)C(C)(C)C(CC(=O)OC)C21C. The number of Topliss-reactive ketones (excluding diaryl/α,β-unsaturated/α-hetero) is 1. The summed E-state index contributed by atoms with van der Waals surface area (Å²) < 4.78 is 30.3. The monoisotopic (exact) mass is 644 g/mol. The molecule has 1 spiro atoms. The molecule has 2 bridgehead atoms. The Labute approximate surface area is 270 Å². The number of hydrogen-bond donors (Lipinski definition) is 2. The average Bonchev–Trinajstić information content (AvgIpc) is 3.52. The molecular formula is C35H48O11. The van der Waals surface area contributed by atoms with E-state index in [-0.39, 0.29) is 43.5 Å². The van der Waals surface area contributed by atoms with Gasteiger partial charge in [0.1, 0.15) is 11.7 Å². The molecule has 2 N–H and O–H groups in total. The molecule has 10 unspecified atom stereocenters. The van der Waals surface area contributed by atoms with Gasteiger partial charge in [0.2, 0.25) is 0 Å². The number of fused-ring (bicyclic) bond motifs is 3. The molecule has 10 atom stereocenters. The Kier molecular flexibility index (Phi) is 9.11. The molecule has 1 aromatic heterocycles. The van der Waals surface area contributed by atoms with Crippen LogP contribution in [0.15, 0.2) is 35.2 Å². The highest BCUT2D eigenvalue weighted by molar-refractivity contribution is 5.90. The predicted octanol–water partition coefficient (Wildman–Crippen LogP) is 4.60. The Balaban J connectivity index is 1.67. The smallest absolute Gasteiger partial charge is 0.305 e. The molecule has 3 saturated carbocycles. The number of ketones is 1. The van der Waals surface area contributed by atoms with Crippen LogP contribution in [0, 0.1) is 28.1 Å². The van der Waals surface area contributed by atoms with E-state index in [0.29, 0.717) is 31.3 Å². The maximum atomic E-state index is 14.1. The lowest BCUT2D eigenvalue weighted by Crippen LogP contribution is -2.79. The molecular weight excluding hydrogens is 596 g/mol. The number of furan rings is 1. The van der Waals surface area contributed by atoms with Crippen LogP contribution in [0.2, 0.25) is 0 Å². The van der Waals surface area contributed by atoms with Crippen molar-refractivity contribution in [2.45, 2.75) is 115 Å². The first-order valence-corrected chi connectivity index (χ1v) is 16.2. The van der Waals surface area contributed by atoms with E-state index in [1.165, 1.54) is 14.0 Å². The number of unbranched alkanes of at least 4 members (excludes halogenated alkanes) is 1. The molecule has 1 aliphatic heterocycles. The predicted molar refractivity (Wildman–Crippen MR) is 163 cm³/mol. The van der Waals surface area contributed by atoms with Gasteiger partial charge in [-0.2, -0.15) is 0 Å². The number of esters is 2. The molecule has 4 fully saturated rings. The number of aliphatic hydroxyl groups is 1. The minimum atomic E-state index is -1.47. The van der Waals surface area contributed by atoms with Gasteiger partial charge in [-0.05, 0) is 60.1 Å². The summed E-state index contributed by atoms with van der Waals surface area (Å²) in [6, 6.07) is 1.84. The fraction of sp³-hybridized carbons (Fsp3) is 0.714. The van der Waals surface area contributed by atoms with Crippen LogP contribution in [0.1, 0.15) is 91.0 Å². The molecule has 254 valence electrons. The van der Waals surface area contributed by atoms with E-state index >= 15 is 0 Å². The van der Waals surface area contributed by atoms with Crippen LogP contribution < -0.4 is 0 Å². The number of carboxylic acids is 1. The zero-order valence-corrected chi connectivity index (χ0v) is 27.7. The lowest BCUT2D eigenvalue weighted by atomic mass is 9.39. The van der Waals surface area contributed by atoms with Crippen LogP contribution in [0.4, 0.5) is 0 Å². The summed E-state index contributed by atoms with van der Waals surface area (Å²) in [5.74, 6) is -3.31. The van der Waals surface area contributed by atoms with E-state index in [9.17, 15) is 24.3 Å². The molecule has 11 heteroatoms. The van der Waals surface area contributed by atoms with Crippen molar-refractivity contribution in [1.82, 2.24) is 0 Å². The van der Waals surface area contributed by atoms with Crippen molar-refractivity contribution in [3.63, 3.8) is 0 Å². The fourth-order valence-corrected chi connectivity index (χ4v) is 9.82. The van der Waals surface area contributed by atoms with Gasteiger partial charge in [0, 0.05) is 49.5 Å². The van der Waals surface area contributed by atoms with Crippen LogP contribution in [0.25, 0.3) is 0 Å². The van der Waals surface area contributed by atoms with E-state index in [1.807, 2.05) is 26.8 Å². The van der Waals surface area contributed by atoms with Crippen molar-refractivity contribution in [3.05, 3.63) is 36.3 Å². The van der Waals surface area contributed by atoms with E-state index in [2.05, 4.69) is 13.5 Å². The van der Waals surface area contributed by atoms with Crippen molar-refractivity contribution < 1.29 is 52.8 Å². The van der Waals surface area contributed by atoms with Gasteiger partial charge in [-0.3, -0.25) is 19.2 Å². The molecule has 46 heavy (non-hydrogen) atoms. The number of carboxylic acid groups (broad SMARTS) is 1. The summed E-state index contributed by atoms with van der Waals surface area (Å²) in [6.45, 7) is 14.0. The Hall–Kier alpha value is -3.02. The third-order valence-corrected chi connectivity index (χ3v) is 12.2. The number of hydrogen-bond acceptors (Lipinski definition) is 10. The van der Waals surface area contributed by atoms with Crippen LogP contribution >= 0.6 is 0 Å². The van der Waals surface area contributed by atoms with Gasteiger partial charge in [0.15, 0.2) is 11.9 Å². The minimum absolute atomic E-state index is 0.00807. The highest BCUT2D eigenvalue weighted by Crippen LogP contribution is 2.73. The summed E-state index contributed by atoms with van der Waals surface area (Å²) in [6.07, 6.45) is 1.27. The van der Waals surface area contributed by atoms with Crippen molar-refractivity contribution in [2.24, 2.45) is 28.1 Å². The van der Waals surface area contributed by atoms with Gasteiger partial charge in [-0.25, -0.2) is 0 Å². The summed E-state index contributed by atoms with van der Waals surface area (Å²) in [5.41, 5.74) is -2.45. The van der Waals surface area contributed by atoms with Gasteiger partial charge < -0.3 is 33.6 Å². The number of carbonyl (C=O) groups is 4. The fourth-order valence-electron chi connectivity index (χ4n) is 9.82. The van der Waals surface area contributed by atoms with Crippen molar-refractivity contribution in [3.8, 4) is 0 Å². The zero-order valence-electron chi connectivity index (χ0n) is 27.7. The van der Waals surface area contributed by atoms with Gasteiger partial charge in [0.25, 0.3) is 0 Å². The average molecular weight is 645 g/mol. The topological polar surface area (TPSA) is 159 Å². The van der Waals surface area contributed by atoms with Gasteiger partial charge in [-0.1, -0.05) is 34.3 Å².